The van der Waals surface area contributed by atoms with E-state index < -0.39 is 0 Å². The van der Waals surface area contributed by atoms with Crippen LogP contribution >= 0.6 is 0 Å². The first-order valence-electron chi connectivity index (χ1n) is 8.54. The molecule has 0 aliphatic rings. The molecule has 0 saturated heterocycles. The Balaban J connectivity index is 1.69. The van der Waals surface area contributed by atoms with E-state index in [0.717, 1.165) is 30.0 Å². The lowest BCUT2D eigenvalue weighted by Gasteiger charge is -2.06. The average molecular weight is 328 g/mol. The van der Waals surface area contributed by atoms with Gasteiger partial charge in [-0.3, -0.25) is 9.59 Å². The summed E-state index contributed by atoms with van der Waals surface area (Å²) in [6.45, 7) is 2.57. The number of esters is 2. The van der Waals surface area contributed by atoms with Gasteiger partial charge in [-0.25, -0.2) is 0 Å². The lowest BCUT2D eigenvalue weighted by Crippen LogP contribution is -2.10. The van der Waals surface area contributed by atoms with Gasteiger partial charge in [0.2, 0.25) is 0 Å². The summed E-state index contributed by atoms with van der Waals surface area (Å²) >= 11 is 0. The predicted molar refractivity (Wildman–Crippen MR) is 93.9 cm³/mol. The number of hydrogen-bond acceptors (Lipinski definition) is 4. The highest BCUT2D eigenvalue weighted by Crippen LogP contribution is 2.21. The van der Waals surface area contributed by atoms with Crippen LogP contribution in [0.5, 0.6) is 5.75 Å². The minimum absolute atomic E-state index is 0.205. The van der Waals surface area contributed by atoms with E-state index in [1.807, 2.05) is 36.4 Å². The fraction of sp³-hybridized carbons (Fsp3) is 0.400. The Morgan fingerprint density at radius 3 is 2.42 bits per heavy atom. The van der Waals surface area contributed by atoms with Crippen molar-refractivity contribution in [1.29, 1.82) is 0 Å². The summed E-state index contributed by atoms with van der Waals surface area (Å²) in [6, 6.07) is 13.4. The number of carbonyl (C=O) groups is 2. The molecule has 0 saturated carbocycles. The van der Waals surface area contributed by atoms with Crippen LogP contribution < -0.4 is 4.74 Å². The molecule has 0 heterocycles. The fourth-order valence-electron chi connectivity index (χ4n) is 2.40. The second-order valence-electron chi connectivity index (χ2n) is 5.76. The van der Waals surface area contributed by atoms with E-state index in [-0.39, 0.29) is 24.8 Å². The van der Waals surface area contributed by atoms with Crippen molar-refractivity contribution < 1.29 is 19.1 Å². The highest BCUT2D eigenvalue weighted by Gasteiger charge is 2.08. The number of fused-ring (bicyclic) bond motifs is 1. The Morgan fingerprint density at radius 1 is 0.875 bits per heavy atom. The van der Waals surface area contributed by atoms with Crippen LogP contribution in [0.2, 0.25) is 0 Å². The molecule has 2 aromatic carbocycles. The van der Waals surface area contributed by atoms with Crippen LogP contribution in [0.25, 0.3) is 10.8 Å². The molecule has 0 aromatic heterocycles. The van der Waals surface area contributed by atoms with Crippen LogP contribution in [0.4, 0.5) is 0 Å². The molecule has 0 unspecified atom stereocenters. The molecule has 2 rings (SSSR count). The van der Waals surface area contributed by atoms with Gasteiger partial charge in [0.1, 0.15) is 5.75 Å². The Kier molecular flexibility index (Phi) is 7.27. The molecule has 0 fully saturated rings. The van der Waals surface area contributed by atoms with Gasteiger partial charge in [-0.15, -0.1) is 0 Å². The van der Waals surface area contributed by atoms with Gasteiger partial charge in [0.15, 0.2) is 0 Å². The van der Waals surface area contributed by atoms with E-state index in [1.54, 1.807) is 6.07 Å². The van der Waals surface area contributed by atoms with Gasteiger partial charge in [0, 0.05) is 12.8 Å². The Labute approximate surface area is 142 Å². The SMILES string of the molecule is CCCCCOC(=O)CCCC(=O)Oc1ccc2ccccc2c1. The molecule has 24 heavy (non-hydrogen) atoms. The fourth-order valence-corrected chi connectivity index (χ4v) is 2.40. The van der Waals surface area contributed by atoms with E-state index in [2.05, 4.69) is 6.92 Å². The van der Waals surface area contributed by atoms with Gasteiger partial charge in [0.25, 0.3) is 0 Å². The lowest BCUT2D eigenvalue weighted by molar-refractivity contribution is -0.144. The Hall–Kier alpha value is -2.36. The zero-order chi connectivity index (χ0) is 17.2. The van der Waals surface area contributed by atoms with Crippen LogP contribution in [-0.2, 0) is 14.3 Å². The number of unbranched alkanes of at least 4 members (excludes halogenated alkanes) is 2. The summed E-state index contributed by atoms with van der Waals surface area (Å²) in [5.74, 6) is -0.0467. The number of ether oxygens (including phenoxy) is 2. The van der Waals surface area contributed by atoms with E-state index in [9.17, 15) is 9.59 Å². The van der Waals surface area contributed by atoms with Gasteiger partial charge in [-0.05, 0) is 35.7 Å². The zero-order valence-electron chi connectivity index (χ0n) is 14.1. The molecule has 4 nitrogen and oxygen atoms in total. The highest BCUT2D eigenvalue weighted by molar-refractivity contribution is 5.84. The molecule has 0 spiro atoms. The van der Waals surface area contributed by atoms with Crippen LogP contribution in [0, 0.1) is 0 Å². The van der Waals surface area contributed by atoms with E-state index in [4.69, 9.17) is 9.47 Å². The maximum atomic E-state index is 11.9. The monoisotopic (exact) mass is 328 g/mol. The molecule has 0 atom stereocenters. The quantitative estimate of drug-likeness (QED) is 0.382. The number of benzene rings is 2. The van der Waals surface area contributed by atoms with Crippen LogP contribution in [0.15, 0.2) is 42.5 Å². The highest BCUT2D eigenvalue weighted by atomic mass is 16.5. The van der Waals surface area contributed by atoms with Crippen molar-refractivity contribution in [2.24, 2.45) is 0 Å². The topological polar surface area (TPSA) is 52.6 Å². The van der Waals surface area contributed by atoms with Gasteiger partial charge >= 0.3 is 11.9 Å². The first-order chi connectivity index (χ1) is 11.7. The second-order valence-corrected chi connectivity index (χ2v) is 5.76. The summed E-state index contributed by atoms with van der Waals surface area (Å²) in [5.41, 5.74) is 0. The number of hydrogen-bond donors (Lipinski definition) is 0. The largest absolute Gasteiger partial charge is 0.466 e. The summed E-state index contributed by atoms with van der Waals surface area (Å²) in [6.07, 6.45) is 3.95. The standard InChI is InChI=1S/C20H24O4/c1-2-3-6-14-23-19(21)10-7-11-20(22)24-18-13-12-16-8-4-5-9-17(16)15-18/h4-5,8-9,12-13,15H,2-3,6-7,10-11,14H2,1H3. The summed E-state index contributed by atoms with van der Waals surface area (Å²) in [7, 11) is 0. The molecular formula is C20H24O4. The van der Waals surface area contributed by atoms with Gasteiger partial charge in [-0.1, -0.05) is 50.1 Å². The van der Waals surface area contributed by atoms with Crippen molar-refractivity contribution in [1.82, 2.24) is 0 Å². The van der Waals surface area contributed by atoms with Gasteiger partial charge < -0.3 is 9.47 Å². The van der Waals surface area contributed by atoms with Crippen LogP contribution in [-0.4, -0.2) is 18.5 Å². The molecular weight excluding hydrogens is 304 g/mol. The molecule has 0 aliphatic carbocycles. The maximum absolute atomic E-state index is 11.9. The van der Waals surface area contributed by atoms with Crippen LogP contribution in [0.3, 0.4) is 0 Å². The normalized spacial score (nSPS) is 10.5. The third-order valence-electron chi connectivity index (χ3n) is 3.73. The molecule has 4 heteroatoms. The van der Waals surface area contributed by atoms with Crippen molar-refractivity contribution in [3.05, 3.63) is 42.5 Å². The maximum Gasteiger partial charge on any atom is 0.311 e. The van der Waals surface area contributed by atoms with Crippen molar-refractivity contribution in [2.45, 2.75) is 45.4 Å². The van der Waals surface area contributed by atoms with Crippen LogP contribution in [0.1, 0.15) is 45.4 Å². The van der Waals surface area contributed by atoms with Crippen molar-refractivity contribution in [2.75, 3.05) is 6.61 Å². The molecule has 0 N–H and O–H groups in total. The predicted octanol–water partition coefficient (Wildman–Crippen LogP) is 4.65. The minimum Gasteiger partial charge on any atom is -0.466 e. The summed E-state index contributed by atoms with van der Waals surface area (Å²) in [5, 5.41) is 2.13. The van der Waals surface area contributed by atoms with E-state index in [0.29, 0.717) is 18.8 Å². The molecule has 0 bridgehead atoms. The van der Waals surface area contributed by atoms with E-state index >= 15 is 0 Å². The number of carbonyl (C=O) groups excluding carboxylic acids is 2. The first-order valence-corrected chi connectivity index (χ1v) is 8.54. The molecule has 128 valence electrons. The van der Waals surface area contributed by atoms with Crippen molar-refractivity contribution in [3.8, 4) is 5.75 Å². The Bertz CT molecular complexity index is 678. The van der Waals surface area contributed by atoms with Gasteiger partial charge in [0.05, 0.1) is 6.61 Å². The lowest BCUT2D eigenvalue weighted by atomic mass is 10.1. The average Bonchev–Trinajstić information content (AvgIpc) is 2.58. The third-order valence-corrected chi connectivity index (χ3v) is 3.73. The second kappa shape index (κ2) is 9.71. The zero-order valence-corrected chi connectivity index (χ0v) is 14.1. The Morgan fingerprint density at radius 2 is 1.62 bits per heavy atom. The molecule has 2 aromatic rings. The summed E-state index contributed by atoms with van der Waals surface area (Å²) in [4.78, 5) is 23.4. The molecule has 0 radical (unpaired) electrons. The van der Waals surface area contributed by atoms with Crippen molar-refractivity contribution >= 4 is 22.7 Å². The summed E-state index contributed by atoms with van der Waals surface area (Å²) < 4.78 is 10.4. The molecule has 0 amide bonds. The number of rotatable bonds is 9. The minimum atomic E-state index is -0.330. The van der Waals surface area contributed by atoms with Crippen molar-refractivity contribution in [3.63, 3.8) is 0 Å². The smallest absolute Gasteiger partial charge is 0.311 e. The third kappa shape index (κ3) is 6.03. The van der Waals surface area contributed by atoms with E-state index in [1.165, 1.54) is 0 Å². The van der Waals surface area contributed by atoms with Gasteiger partial charge in [-0.2, -0.15) is 0 Å². The first kappa shape index (κ1) is 18.0. The molecule has 0 aliphatic heterocycles.